The molecule has 0 bridgehead atoms. The minimum absolute atomic E-state index is 0.00423. The number of rotatable bonds is 4. The van der Waals surface area contributed by atoms with E-state index in [1.807, 2.05) is 0 Å². The third-order valence-electron chi connectivity index (χ3n) is 8.18. The summed E-state index contributed by atoms with van der Waals surface area (Å²) in [5.74, 6) is -0.660. The van der Waals surface area contributed by atoms with Crippen molar-refractivity contribution in [3.8, 4) is 0 Å². The fourth-order valence-electron chi connectivity index (χ4n) is 5.76. The molecule has 0 aliphatic carbocycles. The Balaban J connectivity index is 1.36. The normalized spacial score (nSPS) is 24.4. The molecule has 5 rings (SSSR count). The Morgan fingerprint density at radius 2 is 1.91 bits per heavy atom. The fraction of sp³-hybridized carbons (Fsp3) is 0.379. The number of hydrogen-bond donors (Lipinski definition) is 1. The summed E-state index contributed by atoms with van der Waals surface area (Å²) in [6, 6.07) is 7.45. The molecule has 2 aliphatic heterocycles. The molecular weight excluding hydrogens is 612 g/mol. The molecule has 1 unspecified atom stereocenters. The Labute approximate surface area is 253 Å². The summed E-state index contributed by atoms with van der Waals surface area (Å²) >= 11 is 6.46. The number of benzene rings is 2. The van der Waals surface area contributed by atoms with E-state index in [2.05, 4.69) is 5.10 Å². The van der Waals surface area contributed by atoms with Gasteiger partial charge in [-0.1, -0.05) is 23.7 Å². The Morgan fingerprint density at radius 3 is 2.53 bits per heavy atom. The van der Waals surface area contributed by atoms with Gasteiger partial charge in [-0.15, -0.1) is 0 Å². The number of fused-ring (bicyclic) bond motifs is 1. The number of carboxylic acid groups (broad SMARTS) is 1. The summed E-state index contributed by atoms with van der Waals surface area (Å²) in [6.07, 6.45) is -4.49. The number of piperidine rings is 1. The number of likely N-dealkylation sites (tertiary alicyclic amines) is 1. The van der Waals surface area contributed by atoms with Gasteiger partial charge in [-0.25, -0.2) is 8.87 Å². The van der Waals surface area contributed by atoms with Crippen molar-refractivity contribution in [1.82, 2.24) is 14.7 Å². The first kappa shape index (κ1) is 31.0. The van der Waals surface area contributed by atoms with Gasteiger partial charge in [0.05, 0.1) is 41.3 Å². The summed E-state index contributed by atoms with van der Waals surface area (Å²) in [7, 11) is 0. The standard InChI is InChI=1S/C29H27ClF4N4O4S/c1-28(2,3)38(27(41)42)9-8-23(21(31)15-38)37-25(39)24(43-26(37)40)11-16-4-7-22-18(10-16)13-35-36(22)14-17-5-6-19(30)12-20(17)29(32,33)34/h4-7,10-13,21,23H,8-9,14-15H2,1-3H3/p+1/b24-11-/t21-,23-,38?/m1/s1. The van der Waals surface area contributed by atoms with E-state index in [4.69, 9.17) is 11.6 Å². The molecule has 3 atom stereocenters. The van der Waals surface area contributed by atoms with E-state index in [9.17, 15) is 32.7 Å². The molecule has 2 aromatic carbocycles. The van der Waals surface area contributed by atoms with Crippen molar-refractivity contribution in [2.45, 2.75) is 57.7 Å². The molecule has 14 heteroatoms. The maximum atomic E-state index is 15.5. The first-order valence-corrected chi connectivity index (χ1v) is 14.5. The highest BCUT2D eigenvalue weighted by Gasteiger charge is 2.56. The van der Waals surface area contributed by atoms with Crippen LogP contribution in [-0.2, 0) is 17.5 Å². The van der Waals surface area contributed by atoms with Crippen molar-refractivity contribution in [2.24, 2.45) is 0 Å². The van der Waals surface area contributed by atoms with Crippen molar-refractivity contribution < 1.29 is 41.5 Å². The number of quaternary nitrogens is 1. The molecule has 0 spiro atoms. The van der Waals surface area contributed by atoms with Gasteiger partial charge < -0.3 is 5.11 Å². The lowest BCUT2D eigenvalue weighted by atomic mass is 9.92. The van der Waals surface area contributed by atoms with E-state index in [0.717, 1.165) is 11.0 Å². The van der Waals surface area contributed by atoms with Gasteiger partial charge in [0.25, 0.3) is 11.1 Å². The topological polar surface area (TPSA) is 92.5 Å². The highest BCUT2D eigenvalue weighted by Crippen LogP contribution is 2.40. The van der Waals surface area contributed by atoms with Crippen LogP contribution in [0.3, 0.4) is 0 Å². The second-order valence-electron chi connectivity index (χ2n) is 11.7. The lowest BCUT2D eigenvalue weighted by Crippen LogP contribution is -2.71. The molecule has 8 nitrogen and oxygen atoms in total. The smallest absolute Gasteiger partial charge is 0.435 e. The number of amides is 3. The molecule has 1 aromatic heterocycles. The number of alkyl halides is 4. The maximum absolute atomic E-state index is 15.5. The van der Waals surface area contributed by atoms with Crippen LogP contribution in [0.4, 0.5) is 27.2 Å². The molecule has 43 heavy (non-hydrogen) atoms. The van der Waals surface area contributed by atoms with Crippen LogP contribution in [0.25, 0.3) is 17.0 Å². The largest absolute Gasteiger partial charge is 0.514 e. The SMILES string of the molecule is CC(C)(C)[N+]1(C(=O)O)CC[C@@H](N2C(=O)S/C(=C\c3ccc4c(cnn4Cc4ccc(Cl)cc4C(F)(F)F)c3)C2=O)[C@H](F)C1. The highest BCUT2D eigenvalue weighted by molar-refractivity contribution is 8.18. The second-order valence-corrected chi connectivity index (χ2v) is 13.1. The zero-order valence-corrected chi connectivity index (χ0v) is 24.9. The molecule has 2 fully saturated rings. The van der Waals surface area contributed by atoms with E-state index in [-0.39, 0.29) is 41.5 Å². The van der Waals surface area contributed by atoms with Crippen molar-refractivity contribution in [2.75, 3.05) is 13.1 Å². The average Bonchev–Trinajstić information content (AvgIpc) is 3.42. The number of hydrogen-bond acceptors (Lipinski definition) is 5. The Hall–Kier alpha value is -3.42. The van der Waals surface area contributed by atoms with Crippen LogP contribution in [0.2, 0.25) is 5.02 Å². The van der Waals surface area contributed by atoms with Crippen molar-refractivity contribution in [3.63, 3.8) is 0 Å². The van der Waals surface area contributed by atoms with Gasteiger partial charge in [0.1, 0.15) is 12.1 Å². The van der Waals surface area contributed by atoms with Crippen molar-refractivity contribution in [3.05, 3.63) is 69.2 Å². The predicted molar refractivity (Wildman–Crippen MR) is 154 cm³/mol. The van der Waals surface area contributed by atoms with Crippen LogP contribution in [0.5, 0.6) is 0 Å². The monoisotopic (exact) mass is 639 g/mol. The number of aromatic nitrogens is 2. The van der Waals surface area contributed by atoms with Crippen LogP contribution in [0.15, 0.2) is 47.5 Å². The number of imide groups is 1. The van der Waals surface area contributed by atoms with Gasteiger partial charge in [-0.2, -0.15) is 23.1 Å². The Morgan fingerprint density at radius 1 is 1.19 bits per heavy atom. The molecule has 228 valence electrons. The van der Waals surface area contributed by atoms with Gasteiger partial charge in [-0.3, -0.25) is 19.2 Å². The number of halogens is 5. The summed E-state index contributed by atoms with van der Waals surface area (Å²) in [5.41, 5.74) is -0.558. The van der Waals surface area contributed by atoms with E-state index in [0.29, 0.717) is 28.2 Å². The van der Waals surface area contributed by atoms with Crippen LogP contribution in [0, 0.1) is 0 Å². The molecule has 3 aromatic rings. The molecule has 0 radical (unpaired) electrons. The van der Waals surface area contributed by atoms with Crippen LogP contribution < -0.4 is 0 Å². The first-order chi connectivity index (χ1) is 20.0. The third-order valence-corrected chi connectivity index (χ3v) is 9.30. The van der Waals surface area contributed by atoms with Gasteiger partial charge in [-0.05, 0) is 74.0 Å². The Kier molecular flexibility index (Phi) is 7.89. The minimum atomic E-state index is -4.59. The van der Waals surface area contributed by atoms with Gasteiger partial charge in [0.2, 0.25) is 0 Å². The highest BCUT2D eigenvalue weighted by atomic mass is 35.5. The van der Waals surface area contributed by atoms with E-state index in [1.54, 1.807) is 39.0 Å². The molecule has 0 saturated carbocycles. The van der Waals surface area contributed by atoms with Crippen LogP contribution in [0.1, 0.15) is 43.9 Å². The van der Waals surface area contributed by atoms with Gasteiger partial charge in [0.15, 0.2) is 6.17 Å². The zero-order chi connectivity index (χ0) is 31.5. The van der Waals surface area contributed by atoms with E-state index in [1.165, 1.54) is 29.1 Å². The number of nitrogens with zero attached hydrogens (tertiary/aromatic N) is 4. The van der Waals surface area contributed by atoms with Crippen LogP contribution >= 0.6 is 23.4 Å². The zero-order valence-electron chi connectivity index (χ0n) is 23.4. The molecule has 3 amide bonds. The van der Waals surface area contributed by atoms with Crippen LogP contribution in [-0.4, -0.2) is 72.4 Å². The Bertz CT molecular complexity index is 1670. The number of thioether (sulfide) groups is 1. The van der Waals surface area contributed by atoms with E-state index < -0.39 is 51.2 Å². The fourth-order valence-corrected chi connectivity index (χ4v) is 6.81. The molecule has 2 saturated heterocycles. The molecular formula is C29H28ClF4N4O4S+. The second kappa shape index (κ2) is 10.9. The number of carbonyl (C=O) groups is 3. The minimum Gasteiger partial charge on any atom is -0.435 e. The predicted octanol–water partition coefficient (Wildman–Crippen LogP) is 7.20. The van der Waals surface area contributed by atoms with E-state index >= 15 is 4.39 Å². The quantitative estimate of drug-likeness (QED) is 0.184. The third kappa shape index (κ3) is 5.65. The first-order valence-electron chi connectivity index (χ1n) is 13.3. The average molecular weight is 640 g/mol. The van der Waals surface area contributed by atoms with Gasteiger partial charge >= 0.3 is 12.3 Å². The molecule has 2 aliphatic rings. The summed E-state index contributed by atoms with van der Waals surface area (Å²) in [4.78, 5) is 39.2. The summed E-state index contributed by atoms with van der Waals surface area (Å²) < 4.78 is 57.1. The maximum Gasteiger partial charge on any atom is 0.514 e. The number of carbonyl (C=O) groups excluding carboxylic acids is 2. The van der Waals surface area contributed by atoms with Gasteiger partial charge in [0, 0.05) is 16.8 Å². The summed E-state index contributed by atoms with van der Waals surface area (Å²) in [5, 5.41) is 14.1. The lowest BCUT2D eigenvalue weighted by Gasteiger charge is -2.49. The molecule has 1 N–H and O–H groups in total. The summed E-state index contributed by atoms with van der Waals surface area (Å²) in [6.45, 7) is 4.69. The van der Waals surface area contributed by atoms with Crippen molar-refractivity contribution >= 4 is 57.6 Å². The van der Waals surface area contributed by atoms with Crippen molar-refractivity contribution in [1.29, 1.82) is 0 Å². The molecule has 3 heterocycles. The lowest BCUT2D eigenvalue weighted by molar-refractivity contribution is -0.910.